The fourth-order valence-corrected chi connectivity index (χ4v) is 2.78. The molecule has 1 aromatic rings. The van der Waals surface area contributed by atoms with Crippen LogP contribution in [-0.2, 0) is 20.7 Å². The average Bonchev–Trinajstić information content (AvgIpc) is 2.95. The van der Waals surface area contributed by atoms with E-state index in [9.17, 15) is 9.59 Å². The lowest BCUT2D eigenvalue weighted by Crippen LogP contribution is -2.48. The minimum Gasteiger partial charge on any atom is -0.492 e. The van der Waals surface area contributed by atoms with Crippen LogP contribution >= 0.6 is 0 Å². The quantitative estimate of drug-likeness (QED) is 0.851. The highest BCUT2D eigenvalue weighted by Crippen LogP contribution is 2.27. The third kappa shape index (κ3) is 2.85. The molecule has 2 N–H and O–H groups in total. The molecule has 0 spiro atoms. The summed E-state index contributed by atoms with van der Waals surface area (Å²) in [5, 5.41) is 11.8. The van der Waals surface area contributed by atoms with Crippen molar-refractivity contribution in [3.8, 4) is 5.75 Å². The van der Waals surface area contributed by atoms with Crippen LogP contribution in [0.2, 0.25) is 0 Å². The molecule has 0 radical (unpaired) electrons. The van der Waals surface area contributed by atoms with E-state index in [-0.39, 0.29) is 11.8 Å². The molecule has 0 bridgehead atoms. The third-order valence-corrected chi connectivity index (χ3v) is 3.91. The molecule has 6 nitrogen and oxygen atoms in total. The van der Waals surface area contributed by atoms with Gasteiger partial charge in [-0.25, -0.2) is 4.79 Å². The zero-order chi connectivity index (χ0) is 14.8. The molecule has 1 aromatic carbocycles. The molecular formula is C15H17NO5. The molecule has 112 valence electrons. The number of nitrogens with one attached hydrogen (secondary N) is 1. The fourth-order valence-electron chi connectivity index (χ4n) is 2.78. The standard InChI is InChI=1S/C15H17NO5/c17-14(16-11-5-6-20-13(11)15(18)19)10-7-9-3-1-2-4-12(9)21-8-10/h1-4,10-11,13H,5-8H2,(H,16,17)(H,18,19)/t10?,11-,13+/m0/s1. The van der Waals surface area contributed by atoms with Gasteiger partial charge in [0, 0.05) is 6.61 Å². The minimum absolute atomic E-state index is 0.175. The molecule has 2 aliphatic rings. The van der Waals surface area contributed by atoms with Gasteiger partial charge < -0.3 is 19.9 Å². The second-order valence-electron chi connectivity index (χ2n) is 5.35. The maximum atomic E-state index is 12.3. The molecule has 1 amide bonds. The van der Waals surface area contributed by atoms with Crippen molar-refractivity contribution in [3.63, 3.8) is 0 Å². The van der Waals surface area contributed by atoms with Gasteiger partial charge in [-0.1, -0.05) is 18.2 Å². The van der Waals surface area contributed by atoms with Gasteiger partial charge in [0.15, 0.2) is 6.10 Å². The number of carboxylic acids is 1. The lowest BCUT2D eigenvalue weighted by atomic mass is 9.95. The molecule has 1 fully saturated rings. The summed E-state index contributed by atoms with van der Waals surface area (Å²) in [6, 6.07) is 7.16. The van der Waals surface area contributed by atoms with E-state index >= 15 is 0 Å². The van der Waals surface area contributed by atoms with E-state index in [1.807, 2.05) is 24.3 Å². The molecule has 3 atom stereocenters. The van der Waals surface area contributed by atoms with Gasteiger partial charge in [-0.2, -0.15) is 0 Å². The molecule has 1 unspecified atom stereocenters. The van der Waals surface area contributed by atoms with Crippen LogP contribution in [0.1, 0.15) is 12.0 Å². The van der Waals surface area contributed by atoms with Gasteiger partial charge in [-0.3, -0.25) is 4.79 Å². The van der Waals surface area contributed by atoms with Crippen LogP contribution in [0, 0.1) is 5.92 Å². The summed E-state index contributed by atoms with van der Waals surface area (Å²) in [5.74, 6) is -0.696. The van der Waals surface area contributed by atoms with Crippen LogP contribution in [0.5, 0.6) is 5.75 Å². The Balaban J connectivity index is 1.63. The Bertz CT molecular complexity index is 559. The van der Waals surface area contributed by atoms with Crippen LogP contribution in [0.4, 0.5) is 0 Å². The number of fused-ring (bicyclic) bond motifs is 1. The zero-order valence-corrected chi connectivity index (χ0v) is 11.5. The van der Waals surface area contributed by atoms with E-state index in [2.05, 4.69) is 5.32 Å². The van der Waals surface area contributed by atoms with E-state index in [0.717, 1.165) is 11.3 Å². The van der Waals surface area contributed by atoms with Crippen molar-refractivity contribution in [2.75, 3.05) is 13.2 Å². The minimum atomic E-state index is -1.04. The number of benzene rings is 1. The number of para-hydroxylation sites is 1. The van der Waals surface area contributed by atoms with Gasteiger partial charge in [0.05, 0.1) is 12.0 Å². The number of aliphatic carboxylic acids is 1. The average molecular weight is 291 g/mol. The van der Waals surface area contributed by atoms with Gasteiger partial charge in [0.25, 0.3) is 0 Å². The number of hydrogen-bond donors (Lipinski definition) is 2. The predicted molar refractivity (Wildman–Crippen MR) is 73.1 cm³/mol. The highest BCUT2D eigenvalue weighted by atomic mass is 16.5. The zero-order valence-electron chi connectivity index (χ0n) is 11.5. The first-order chi connectivity index (χ1) is 10.1. The van der Waals surface area contributed by atoms with Crippen molar-refractivity contribution >= 4 is 11.9 Å². The number of amides is 1. The Labute approximate surface area is 122 Å². The third-order valence-electron chi connectivity index (χ3n) is 3.91. The van der Waals surface area contributed by atoms with Gasteiger partial charge >= 0.3 is 5.97 Å². The van der Waals surface area contributed by atoms with Crippen LogP contribution in [0.15, 0.2) is 24.3 Å². The van der Waals surface area contributed by atoms with Crippen LogP contribution < -0.4 is 10.1 Å². The van der Waals surface area contributed by atoms with Gasteiger partial charge in [0.1, 0.15) is 12.4 Å². The molecule has 21 heavy (non-hydrogen) atoms. The van der Waals surface area contributed by atoms with Crippen LogP contribution in [-0.4, -0.2) is 42.3 Å². The number of hydrogen-bond acceptors (Lipinski definition) is 4. The van der Waals surface area contributed by atoms with Crippen LogP contribution in [0.25, 0.3) is 0 Å². The lowest BCUT2D eigenvalue weighted by molar-refractivity contribution is -0.148. The number of carboxylic acid groups (broad SMARTS) is 1. The Morgan fingerprint density at radius 1 is 1.29 bits per heavy atom. The normalized spacial score (nSPS) is 27.5. The molecule has 2 heterocycles. The summed E-state index contributed by atoms with van der Waals surface area (Å²) in [6.45, 7) is 0.667. The molecule has 0 saturated carbocycles. The largest absolute Gasteiger partial charge is 0.492 e. The topological polar surface area (TPSA) is 84.9 Å². The van der Waals surface area contributed by atoms with Crippen molar-refractivity contribution < 1.29 is 24.2 Å². The first-order valence-corrected chi connectivity index (χ1v) is 7.00. The molecule has 3 rings (SSSR count). The van der Waals surface area contributed by atoms with Gasteiger partial charge in [-0.15, -0.1) is 0 Å². The molecule has 2 aliphatic heterocycles. The smallest absolute Gasteiger partial charge is 0.334 e. The number of rotatable bonds is 3. The second kappa shape index (κ2) is 5.73. The van der Waals surface area contributed by atoms with Gasteiger partial charge in [-0.05, 0) is 24.5 Å². The maximum Gasteiger partial charge on any atom is 0.334 e. The monoisotopic (exact) mass is 291 g/mol. The Morgan fingerprint density at radius 2 is 2.10 bits per heavy atom. The Hall–Kier alpha value is -2.08. The summed E-state index contributed by atoms with van der Waals surface area (Å²) in [5.41, 5.74) is 1.00. The lowest BCUT2D eigenvalue weighted by Gasteiger charge is -2.26. The SMILES string of the molecule is O=C(N[C@H]1CCO[C@H]1C(=O)O)C1COc2ccccc2C1. The molecule has 6 heteroatoms. The summed E-state index contributed by atoms with van der Waals surface area (Å²) in [7, 11) is 0. The highest BCUT2D eigenvalue weighted by Gasteiger charge is 2.37. The fraction of sp³-hybridized carbons (Fsp3) is 0.467. The molecule has 0 aromatic heterocycles. The van der Waals surface area contributed by atoms with Crippen molar-refractivity contribution in [1.29, 1.82) is 0 Å². The maximum absolute atomic E-state index is 12.3. The van der Waals surface area contributed by atoms with Crippen molar-refractivity contribution in [2.45, 2.75) is 25.0 Å². The second-order valence-corrected chi connectivity index (χ2v) is 5.35. The van der Waals surface area contributed by atoms with E-state index in [4.69, 9.17) is 14.6 Å². The van der Waals surface area contributed by atoms with E-state index in [1.54, 1.807) is 0 Å². The number of ether oxygens (including phenoxy) is 2. The first kappa shape index (κ1) is 13.9. The Morgan fingerprint density at radius 3 is 2.90 bits per heavy atom. The van der Waals surface area contributed by atoms with E-state index in [0.29, 0.717) is 26.1 Å². The number of carbonyl (C=O) groups is 2. The summed E-state index contributed by atoms with van der Waals surface area (Å²) < 4.78 is 10.7. The number of carbonyl (C=O) groups excluding carboxylic acids is 1. The summed E-state index contributed by atoms with van der Waals surface area (Å²) >= 11 is 0. The molecular weight excluding hydrogens is 274 g/mol. The Kier molecular flexibility index (Phi) is 3.79. The summed E-state index contributed by atoms with van der Waals surface area (Å²) in [6.07, 6.45) is 0.172. The summed E-state index contributed by atoms with van der Waals surface area (Å²) in [4.78, 5) is 23.3. The van der Waals surface area contributed by atoms with Crippen molar-refractivity contribution in [3.05, 3.63) is 29.8 Å². The van der Waals surface area contributed by atoms with Crippen molar-refractivity contribution in [1.82, 2.24) is 5.32 Å². The van der Waals surface area contributed by atoms with Gasteiger partial charge in [0.2, 0.25) is 5.91 Å². The first-order valence-electron chi connectivity index (χ1n) is 7.00. The van der Waals surface area contributed by atoms with Crippen LogP contribution in [0.3, 0.4) is 0 Å². The molecule has 0 aliphatic carbocycles. The van der Waals surface area contributed by atoms with E-state index in [1.165, 1.54) is 0 Å². The highest BCUT2D eigenvalue weighted by molar-refractivity contribution is 5.81. The van der Waals surface area contributed by atoms with Crippen molar-refractivity contribution in [2.24, 2.45) is 5.92 Å². The predicted octanol–water partition coefficient (Wildman–Crippen LogP) is 0.596. The van der Waals surface area contributed by atoms with E-state index < -0.39 is 18.1 Å². The molecule has 1 saturated heterocycles.